The Morgan fingerprint density at radius 3 is 2.58 bits per heavy atom. The molecule has 1 N–H and O–H groups in total. The molecule has 24 heavy (non-hydrogen) atoms. The van der Waals surface area contributed by atoms with Crippen LogP contribution in [0.25, 0.3) is 5.69 Å². The quantitative estimate of drug-likeness (QED) is 0.747. The maximum Gasteiger partial charge on any atom is 0.225 e. The standard InChI is InChI=1S/C19H21N3OS/c1-13-9-14(2)11-16(10-13)22-18(12-15(3)21-22)20-19(23)7-6-17-5-4-8-24-17/h4-5,8-12H,6-7H2,1-3H3,(H,20,23). The molecule has 0 aliphatic carbocycles. The summed E-state index contributed by atoms with van der Waals surface area (Å²) in [6.45, 7) is 6.05. The van der Waals surface area contributed by atoms with Gasteiger partial charge in [0.1, 0.15) is 5.82 Å². The van der Waals surface area contributed by atoms with Crippen molar-refractivity contribution in [2.24, 2.45) is 0 Å². The Labute approximate surface area is 146 Å². The lowest BCUT2D eigenvalue weighted by Gasteiger charge is -2.10. The molecule has 0 radical (unpaired) electrons. The lowest BCUT2D eigenvalue weighted by atomic mass is 10.1. The lowest BCUT2D eigenvalue weighted by molar-refractivity contribution is -0.116. The number of thiophene rings is 1. The number of anilines is 1. The first-order valence-electron chi connectivity index (χ1n) is 7.99. The number of carbonyl (C=O) groups excluding carboxylic acids is 1. The van der Waals surface area contributed by atoms with Gasteiger partial charge in [0, 0.05) is 17.4 Å². The fourth-order valence-corrected chi connectivity index (χ4v) is 3.46. The van der Waals surface area contributed by atoms with Crippen LogP contribution in [0.2, 0.25) is 0 Å². The maximum atomic E-state index is 12.3. The topological polar surface area (TPSA) is 46.9 Å². The summed E-state index contributed by atoms with van der Waals surface area (Å²) >= 11 is 1.68. The number of nitrogens with zero attached hydrogens (tertiary/aromatic N) is 2. The van der Waals surface area contributed by atoms with Crippen molar-refractivity contribution in [1.29, 1.82) is 0 Å². The van der Waals surface area contributed by atoms with Crippen LogP contribution >= 0.6 is 11.3 Å². The van der Waals surface area contributed by atoms with Crippen molar-refractivity contribution in [2.45, 2.75) is 33.6 Å². The normalized spacial score (nSPS) is 10.8. The molecule has 1 amide bonds. The SMILES string of the molecule is Cc1cc(C)cc(-n2nc(C)cc2NC(=O)CCc2cccs2)c1. The van der Waals surface area contributed by atoms with Crippen molar-refractivity contribution >= 4 is 23.1 Å². The number of amides is 1. The fourth-order valence-electron chi connectivity index (χ4n) is 2.76. The van der Waals surface area contributed by atoms with Crippen LogP contribution in [0.3, 0.4) is 0 Å². The van der Waals surface area contributed by atoms with Crippen LogP contribution in [0.4, 0.5) is 5.82 Å². The Hall–Kier alpha value is -2.40. The molecule has 0 saturated heterocycles. The van der Waals surface area contributed by atoms with Gasteiger partial charge in [0.15, 0.2) is 0 Å². The van der Waals surface area contributed by atoms with Crippen molar-refractivity contribution in [2.75, 3.05) is 5.32 Å². The Morgan fingerprint density at radius 1 is 1.17 bits per heavy atom. The van der Waals surface area contributed by atoms with Crippen molar-refractivity contribution in [3.05, 3.63) is 63.5 Å². The van der Waals surface area contributed by atoms with E-state index in [2.05, 4.69) is 48.5 Å². The predicted molar refractivity (Wildman–Crippen MR) is 99.0 cm³/mol. The van der Waals surface area contributed by atoms with Crippen LogP contribution in [0.15, 0.2) is 41.8 Å². The fraction of sp³-hybridized carbons (Fsp3) is 0.263. The first-order chi connectivity index (χ1) is 11.5. The Balaban J connectivity index is 1.77. The van der Waals surface area contributed by atoms with Crippen molar-refractivity contribution in [1.82, 2.24) is 9.78 Å². The molecule has 0 atom stereocenters. The van der Waals surface area contributed by atoms with E-state index in [1.807, 2.05) is 24.4 Å². The zero-order valence-electron chi connectivity index (χ0n) is 14.2. The Kier molecular flexibility index (Phi) is 4.81. The Bertz CT molecular complexity index is 829. The zero-order valence-corrected chi connectivity index (χ0v) is 15.0. The van der Waals surface area contributed by atoms with Gasteiger partial charge in [-0.3, -0.25) is 4.79 Å². The zero-order chi connectivity index (χ0) is 17.1. The molecular formula is C19H21N3OS. The monoisotopic (exact) mass is 339 g/mol. The largest absolute Gasteiger partial charge is 0.311 e. The first kappa shape index (κ1) is 16.5. The van der Waals surface area contributed by atoms with E-state index in [0.717, 1.165) is 17.8 Å². The number of hydrogen-bond acceptors (Lipinski definition) is 3. The summed E-state index contributed by atoms with van der Waals surface area (Å²) in [7, 11) is 0. The van der Waals surface area contributed by atoms with Gasteiger partial charge in [-0.15, -0.1) is 11.3 Å². The van der Waals surface area contributed by atoms with Gasteiger partial charge in [-0.1, -0.05) is 12.1 Å². The molecule has 5 heteroatoms. The highest BCUT2D eigenvalue weighted by Crippen LogP contribution is 2.20. The van der Waals surface area contributed by atoms with Gasteiger partial charge in [-0.05, 0) is 61.9 Å². The summed E-state index contributed by atoms with van der Waals surface area (Å²) in [5, 5.41) is 9.56. The van der Waals surface area contributed by atoms with Crippen LogP contribution in [0, 0.1) is 20.8 Å². The van der Waals surface area contributed by atoms with Crippen molar-refractivity contribution < 1.29 is 4.79 Å². The third-order valence-corrected chi connectivity index (χ3v) is 4.66. The molecule has 124 valence electrons. The van der Waals surface area contributed by atoms with E-state index in [-0.39, 0.29) is 5.91 Å². The number of aryl methyl sites for hydroxylation is 4. The van der Waals surface area contributed by atoms with Gasteiger partial charge in [-0.25, -0.2) is 4.68 Å². The lowest BCUT2D eigenvalue weighted by Crippen LogP contribution is -2.15. The van der Waals surface area contributed by atoms with E-state index in [4.69, 9.17) is 0 Å². The average Bonchev–Trinajstić information content (AvgIpc) is 3.14. The average molecular weight is 339 g/mol. The second-order valence-electron chi connectivity index (χ2n) is 6.06. The summed E-state index contributed by atoms with van der Waals surface area (Å²) in [4.78, 5) is 13.5. The highest BCUT2D eigenvalue weighted by molar-refractivity contribution is 7.09. The summed E-state index contributed by atoms with van der Waals surface area (Å²) in [5.41, 5.74) is 4.19. The number of hydrogen-bond donors (Lipinski definition) is 1. The number of rotatable bonds is 5. The van der Waals surface area contributed by atoms with E-state index >= 15 is 0 Å². The number of carbonyl (C=O) groups is 1. The minimum absolute atomic E-state index is 0.00826. The molecule has 3 aromatic rings. The molecule has 0 saturated carbocycles. The summed E-state index contributed by atoms with van der Waals surface area (Å²) in [6.07, 6.45) is 1.23. The smallest absolute Gasteiger partial charge is 0.225 e. The first-order valence-corrected chi connectivity index (χ1v) is 8.87. The van der Waals surface area contributed by atoms with Gasteiger partial charge in [0.2, 0.25) is 5.91 Å². The van der Waals surface area contributed by atoms with Crippen LogP contribution in [-0.2, 0) is 11.2 Å². The van der Waals surface area contributed by atoms with E-state index in [9.17, 15) is 4.79 Å². The molecule has 0 spiro atoms. The molecule has 2 aromatic heterocycles. The highest BCUT2D eigenvalue weighted by atomic mass is 32.1. The maximum absolute atomic E-state index is 12.3. The summed E-state index contributed by atoms with van der Waals surface area (Å²) < 4.78 is 1.80. The minimum atomic E-state index is 0.00826. The van der Waals surface area contributed by atoms with Crippen LogP contribution in [-0.4, -0.2) is 15.7 Å². The molecule has 3 rings (SSSR count). The van der Waals surface area contributed by atoms with Gasteiger partial charge in [-0.2, -0.15) is 5.10 Å². The van der Waals surface area contributed by atoms with Gasteiger partial charge >= 0.3 is 0 Å². The number of aromatic nitrogens is 2. The number of nitrogens with one attached hydrogen (secondary N) is 1. The number of benzene rings is 1. The molecule has 2 heterocycles. The van der Waals surface area contributed by atoms with Gasteiger partial charge in [0.05, 0.1) is 11.4 Å². The van der Waals surface area contributed by atoms with Crippen LogP contribution in [0.1, 0.15) is 28.1 Å². The molecule has 0 aliphatic heterocycles. The van der Waals surface area contributed by atoms with Crippen LogP contribution < -0.4 is 5.32 Å². The molecule has 0 bridgehead atoms. The van der Waals surface area contributed by atoms with E-state index in [1.54, 1.807) is 16.0 Å². The molecule has 0 fully saturated rings. The molecule has 0 aliphatic rings. The third-order valence-electron chi connectivity index (χ3n) is 3.73. The minimum Gasteiger partial charge on any atom is -0.311 e. The Morgan fingerprint density at radius 2 is 1.92 bits per heavy atom. The second-order valence-corrected chi connectivity index (χ2v) is 7.09. The predicted octanol–water partition coefficient (Wildman–Crippen LogP) is 4.43. The van der Waals surface area contributed by atoms with E-state index in [1.165, 1.54) is 16.0 Å². The highest BCUT2D eigenvalue weighted by Gasteiger charge is 2.12. The van der Waals surface area contributed by atoms with Gasteiger partial charge < -0.3 is 5.32 Å². The third kappa shape index (κ3) is 3.92. The van der Waals surface area contributed by atoms with E-state index < -0.39 is 0 Å². The summed E-state index contributed by atoms with van der Waals surface area (Å²) in [6, 6.07) is 12.2. The molecular weight excluding hydrogens is 318 g/mol. The van der Waals surface area contributed by atoms with Crippen LogP contribution in [0.5, 0.6) is 0 Å². The second kappa shape index (κ2) is 7.01. The van der Waals surface area contributed by atoms with Crippen molar-refractivity contribution in [3.63, 3.8) is 0 Å². The molecule has 1 aromatic carbocycles. The van der Waals surface area contributed by atoms with E-state index in [0.29, 0.717) is 12.2 Å². The molecule has 4 nitrogen and oxygen atoms in total. The van der Waals surface area contributed by atoms with Gasteiger partial charge in [0.25, 0.3) is 0 Å². The van der Waals surface area contributed by atoms with Crippen molar-refractivity contribution in [3.8, 4) is 5.69 Å². The molecule has 0 unspecified atom stereocenters. The summed E-state index contributed by atoms with van der Waals surface area (Å²) in [5.74, 6) is 0.725.